The molecule has 3 nitrogen and oxygen atoms in total. The molecule has 0 bridgehead atoms. The minimum atomic E-state index is 0.100. The van der Waals surface area contributed by atoms with Crippen LogP contribution in [0.5, 0.6) is 11.5 Å². The average molecular weight is 350 g/mol. The summed E-state index contributed by atoms with van der Waals surface area (Å²) in [6, 6.07) is 14.2. The highest BCUT2D eigenvalue weighted by Crippen LogP contribution is 2.37. The molecule has 112 valence electrons. The summed E-state index contributed by atoms with van der Waals surface area (Å²) in [7, 11) is 1.66. The number of hydrogen-bond donors (Lipinski definition) is 1. The van der Waals surface area contributed by atoms with Gasteiger partial charge in [0.1, 0.15) is 0 Å². The van der Waals surface area contributed by atoms with E-state index in [1.807, 2.05) is 50.2 Å². The van der Waals surface area contributed by atoms with Gasteiger partial charge in [0.15, 0.2) is 11.5 Å². The Hall–Kier alpha value is -1.68. The normalized spacial score (nSPS) is 10.5. The lowest BCUT2D eigenvalue weighted by molar-refractivity contribution is 0.228. The Morgan fingerprint density at radius 1 is 1.14 bits per heavy atom. The van der Waals surface area contributed by atoms with Crippen molar-refractivity contribution >= 4 is 21.6 Å². The number of rotatable bonds is 6. The van der Waals surface area contributed by atoms with Crippen molar-refractivity contribution in [2.24, 2.45) is 0 Å². The van der Waals surface area contributed by atoms with Gasteiger partial charge < -0.3 is 14.8 Å². The molecule has 2 rings (SSSR count). The van der Waals surface area contributed by atoms with E-state index in [0.29, 0.717) is 0 Å². The monoisotopic (exact) mass is 349 g/mol. The van der Waals surface area contributed by atoms with E-state index in [9.17, 15) is 0 Å². The largest absolute Gasteiger partial charge is 0.493 e. The van der Waals surface area contributed by atoms with E-state index in [4.69, 9.17) is 9.47 Å². The van der Waals surface area contributed by atoms with Crippen molar-refractivity contribution < 1.29 is 9.47 Å². The zero-order valence-electron chi connectivity index (χ0n) is 12.5. The van der Waals surface area contributed by atoms with Crippen molar-refractivity contribution in [3.63, 3.8) is 0 Å². The van der Waals surface area contributed by atoms with Crippen LogP contribution < -0.4 is 14.8 Å². The van der Waals surface area contributed by atoms with Gasteiger partial charge in [0.25, 0.3) is 0 Å². The van der Waals surface area contributed by atoms with Gasteiger partial charge in [-0.1, -0.05) is 18.2 Å². The topological polar surface area (TPSA) is 30.5 Å². The van der Waals surface area contributed by atoms with E-state index in [1.54, 1.807) is 7.11 Å². The first-order chi connectivity index (χ1) is 10.1. The lowest BCUT2D eigenvalue weighted by Crippen LogP contribution is -2.08. The van der Waals surface area contributed by atoms with Gasteiger partial charge in [0, 0.05) is 12.2 Å². The van der Waals surface area contributed by atoms with Crippen LogP contribution in [-0.4, -0.2) is 13.2 Å². The Morgan fingerprint density at radius 2 is 1.86 bits per heavy atom. The summed E-state index contributed by atoms with van der Waals surface area (Å²) in [5.41, 5.74) is 2.22. The zero-order valence-corrected chi connectivity index (χ0v) is 14.1. The van der Waals surface area contributed by atoms with Gasteiger partial charge in [0.2, 0.25) is 0 Å². The molecule has 2 aromatic carbocycles. The van der Waals surface area contributed by atoms with Crippen molar-refractivity contribution in [1.29, 1.82) is 0 Å². The summed E-state index contributed by atoms with van der Waals surface area (Å²) in [6.07, 6.45) is 0.100. The predicted octanol–water partition coefficient (Wildman–Crippen LogP) is 4.86. The maximum absolute atomic E-state index is 5.79. The summed E-state index contributed by atoms with van der Waals surface area (Å²) < 4.78 is 12.1. The molecule has 0 saturated heterocycles. The number of benzene rings is 2. The molecule has 2 aromatic rings. The van der Waals surface area contributed by atoms with Crippen LogP contribution >= 0.6 is 15.9 Å². The fraction of sp³-hybridized carbons (Fsp3) is 0.294. The third-order valence-electron chi connectivity index (χ3n) is 2.91. The van der Waals surface area contributed by atoms with Crippen molar-refractivity contribution in [1.82, 2.24) is 0 Å². The number of ether oxygens (including phenoxy) is 2. The van der Waals surface area contributed by atoms with Crippen LogP contribution in [0.4, 0.5) is 5.69 Å². The molecule has 1 N–H and O–H groups in total. The lowest BCUT2D eigenvalue weighted by atomic mass is 10.2. The molecule has 0 heterocycles. The molecule has 0 atom stereocenters. The van der Waals surface area contributed by atoms with Gasteiger partial charge in [-0.15, -0.1) is 0 Å². The number of methoxy groups -OCH3 is 1. The molecule has 21 heavy (non-hydrogen) atoms. The van der Waals surface area contributed by atoms with Crippen LogP contribution in [-0.2, 0) is 6.54 Å². The molecule has 0 aliphatic heterocycles. The third-order valence-corrected chi connectivity index (χ3v) is 3.50. The van der Waals surface area contributed by atoms with Crippen molar-refractivity contribution in [2.45, 2.75) is 26.5 Å². The van der Waals surface area contributed by atoms with Gasteiger partial charge in [-0.05, 0) is 59.6 Å². The first-order valence-corrected chi connectivity index (χ1v) is 7.71. The predicted molar refractivity (Wildman–Crippen MR) is 90.2 cm³/mol. The van der Waals surface area contributed by atoms with E-state index in [-0.39, 0.29) is 6.10 Å². The number of anilines is 1. The van der Waals surface area contributed by atoms with E-state index in [2.05, 4.69) is 27.3 Å². The van der Waals surface area contributed by atoms with Gasteiger partial charge in [-0.25, -0.2) is 0 Å². The Bertz CT molecular complexity index is 585. The van der Waals surface area contributed by atoms with Gasteiger partial charge in [-0.2, -0.15) is 0 Å². The molecule has 0 aliphatic rings. The van der Waals surface area contributed by atoms with Gasteiger partial charge in [-0.3, -0.25) is 0 Å². The van der Waals surface area contributed by atoms with Crippen molar-refractivity contribution in [2.75, 3.05) is 12.4 Å². The van der Waals surface area contributed by atoms with E-state index in [1.165, 1.54) is 0 Å². The van der Waals surface area contributed by atoms with Crippen LogP contribution in [0.3, 0.4) is 0 Å². The number of nitrogens with one attached hydrogen (secondary N) is 1. The number of para-hydroxylation sites is 1. The second kappa shape index (κ2) is 7.36. The summed E-state index contributed by atoms with van der Waals surface area (Å²) in [5, 5.41) is 3.38. The SMILES string of the molecule is COc1cc(CNc2ccccc2)cc(Br)c1OC(C)C. The lowest BCUT2D eigenvalue weighted by Gasteiger charge is -2.17. The number of hydrogen-bond acceptors (Lipinski definition) is 3. The summed E-state index contributed by atoms with van der Waals surface area (Å²) in [5.74, 6) is 1.49. The van der Waals surface area contributed by atoms with Crippen LogP contribution in [0.25, 0.3) is 0 Å². The Kier molecular flexibility index (Phi) is 5.51. The smallest absolute Gasteiger partial charge is 0.175 e. The van der Waals surface area contributed by atoms with Crippen LogP contribution in [0, 0.1) is 0 Å². The molecule has 0 amide bonds. The van der Waals surface area contributed by atoms with Gasteiger partial charge >= 0.3 is 0 Å². The highest BCUT2D eigenvalue weighted by atomic mass is 79.9. The Balaban J connectivity index is 2.16. The Labute approximate surface area is 134 Å². The number of halogens is 1. The molecule has 0 spiro atoms. The standard InChI is InChI=1S/C17H20BrNO2/c1-12(2)21-17-15(18)9-13(10-16(17)20-3)11-19-14-7-5-4-6-8-14/h4-10,12,19H,11H2,1-3H3. The molecule has 0 unspecified atom stereocenters. The second-order valence-corrected chi connectivity index (χ2v) is 5.85. The quantitative estimate of drug-likeness (QED) is 0.807. The molecule has 0 radical (unpaired) electrons. The summed E-state index contributed by atoms with van der Waals surface area (Å²) in [6.45, 7) is 4.72. The molecule has 4 heteroatoms. The average Bonchev–Trinajstić information content (AvgIpc) is 2.48. The fourth-order valence-corrected chi connectivity index (χ4v) is 2.57. The molecular formula is C17H20BrNO2. The zero-order chi connectivity index (χ0) is 15.2. The maximum Gasteiger partial charge on any atom is 0.175 e. The van der Waals surface area contributed by atoms with Crippen molar-refractivity contribution in [3.05, 3.63) is 52.5 Å². The molecule has 0 fully saturated rings. The third kappa shape index (κ3) is 4.39. The molecular weight excluding hydrogens is 330 g/mol. The highest BCUT2D eigenvalue weighted by molar-refractivity contribution is 9.10. The van der Waals surface area contributed by atoms with Gasteiger partial charge in [0.05, 0.1) is 17.7 Å². The molecule has 0 aromatic heterocycles. The van der Waals surface area contributed by atoms with E-state index in [0.717, 1.165) is 33.8 Å². The minimum absolute atomic E-state index is 0.100. The van der Waals surface area contributed by atoms with Crippen molar-refractivity contribution in [3.8, 4) is 11.5 Å². The first-order valence-electron chi connectivity index (χ1n) is 6.92. The van der Waals surface area contributed by atoms with E-state index < -0.39 is 0 Å². The molecule has 0 saturated carbocycles. The maximum atomic E-state index is 5.79. The van der Waals surface area contributed by atoms with Crippen LogP contribution in [0.15, 0.2) is 46.9 Å². The first kappa shape index (κ1) is 15.7. The van der Waals surface area contributed by atoms with Crippen LogP contribution in [0.1, 0.15) is 19.4 Å². The fourth-order valence-electron chi connectivity index (χ4n) is 1.99. The minimum Gasteiger partial charge on any atom is -0.493 e. The summed E-state index contributed by atoms with van der Waals surface area (Å²) >= 11 is 3.56. The summed E-state index contributed by atoms with van der Waals surface area (Å²) in [4.78, 5) is 0. The molecule has 0 aliphatic carbocycles. The second-order valence-electron chi connectivity index (χ2n) is 5.00. The Morgan fingerprint density at radius 3 is 2.48 bits per heavy atom. The van der Waals surface area contributed by atoms with E-state index >= 15 is 0 Å². The van der Waals surface area contributed by atoms with Crippen LogP contribution in [0.2, 0.25) is 0 Å². The highest BCUT2D eigenvalue weighted by Gasteiger charge is 2.13.